The fourth-order valence-corrected chi connectivity index (χ4v) is 9.65. The Morgan fingerprint density at radius 1 is 0.797 bits per heavy atom. The van der Waals surface area contributed by atoms with E-state index in [9.17, 15) is 14.7 Å². The molecule has 4 aromatic carbocycles. The number of phenolic OH excluding ortho intramolecular Hbond substituents is 1. The molecule has 9 rings (SSSR count). The van der Waals surface area contributed by atoms with Gasteiger partial charge >= 0.3 is 6.09 Å². The fourth-order valence-electron chi connectivity index (χ4n) is 9.65. The summed E-state index contributed by atoms with van der Waals surface area (Å²) in [6.45, 7) is 5.36. The Balaban J connectivity index is 1.21. The van der Waals surface area contributed by atoms with E-state index in [0.29, 0.717) is 49.5 Å². The van der Waals surface area contributed by atoms with Gasteiger partial charge in [-0.25, -0.2) is 4.79 Å². The summed E-state index contributed by atoms with van der Waals surface area (Å²) in [6, 6.07) is 30.7. The van der Waals surface area contributed by atoms with Crippen LogP contribution in [-0.4, -0.2) is 102 Å². The zero-order valence-electron chi connectivity index (χ0n) is 33.8. The lowest BCUT2D eigenvalue weighted by Gasteiger charge is -2.41. The van der Waals surface area contributed by atoms with E-state index in [4.69, 9.17) is 9.47 Å². The number of aromatic hydroxyl groups is 1. The summed E-state index contributed by atoms with van der Waals surface area (Å²) in [5.74, 6) is -0.0798. The monoisotopic (exact) mass is 793 g/mol. The van der Waals surface area contributed by atoms with Gasteiger partial charge in [0.1, 0.15) is 5.75 Å². The molecule has 5 heterocycles. The van der Waals surface area contributed by atoms with Crippen LogP contribution in [0.4, 0.5) is 10.5 Å². The zero-order chi connectivity index (χ0) is 40.6. The van der Waals surface area contributed by atoms with Crippen molar-refractivity contribution in [1.29, 1.82) is 0 Å². The number of hydrogen-bond donors (Lipinski definition) is 1. The van der Waals surface area contributed by atoms with E-state index in [1.165, 1.54) is 12.7 Å². The third-order valence-electron chi connectivity index (χ3n) is 12.8. The first kappa shape index (κ1) is 38.6. The predicted molar refractivity (Wildman–Crippen MR) is 226 cm³/mol. The summed E-state index contributed by atoms with van der Waals surface area (Å²) in [4.78, 5) is 51.5. The lowest BCUT2D eigenvalue weighted by atomic mass is 9.84. The number of ether oxygens (including phenoxy) is 2. The standard InChI is InChI=1S/C48H51N5O6/c1-49(36-15-17-38(54)18-16-36)46(55)42-29-44(51-20-9-8-14-43(42)51)40-27-34-19-21-52(48(57)58-2)45(32-10-4-3-5-11-32)39(34)28-41(40)47(56)53-30-35-13-7-6-12-33(35)26-37(53)31-50-22-24-59-25-23-50/h3-7,10-13,15-18,27-29,37,45,54H,8-9,14,19-26,30-31H2,1-2H3/t37-,45?/m0/s1. The maximum Gasteiger partial charge on any atom is 0.410 e. The third kappa shape index (κ3) is 7.38. The van der Waals surface area contributed by atoms with Gasteiger partial charge in [-0.2, -0.15) is 0 Å². The van der Waals surface area contributed by atoms with Crippen molar-refractivity contribution >= 4 is 23.6 Å². The summed E-state index contributed by atoms with van der Waals surface area (Å²) >= 11 is 0. The Bertz CT molecular complexity index is 2370. The summed E-state index contributed by atoms with van der Waals surface area (Å²) in [7, 11) is 3.17. The Morgan fingerprint density at radius 2 is 1.54 bits per heavy atom. The van der Waals surface area contributed by atoms with Crippen molar-refractivity contribution in [2.45, 2.75) is 57.3 Å². The number of aromatic nitrogens is 1. The van der Waals surface area contributed by atoms with E-state index in [2.05, 4.69) is 38.6 Å². The number of phenols is 1. The SMILES string of the molecule is COC(=O)N1CCc2cc(-c3cc(C(=O)N(C)c4ccc(O)cc4)c4n3CCCC4)c(C(=O)N3Cc4ccccc4C[C@H]3CN3CCOCC3)cc2C1c1ccccc1. The maximum atomic E-state index is 15.8. The molecule has 1 unspecified atom stereocenters. The van der Waals surface area contributed by atoms with Gasteiger partial charge in [0.2, 0.25) is 0 Å². The molecule has 1 aromatic heterocycles. The summed E-state index contributed by atoms with van der Waals surface area (Å²) in [5, 5.41) is 9.94. The van der Waals surface area contributed by atoms with Gasteiger partial charge in [0.15, 0.2) is 0 Å². The van der Waals surface area contributed by atoms with E-state index in [1.54, 1.807) is 41.1 Å². The molecule has 0 spiro atoms. The number of amides is 3. The molecule has 11 heteroatoms. The van der Waals surface area contributed by atoms with Crippen molar-refractivity contribution in [3.8, 4) is 17.0 Å². The molecular formula is C48H51N5O6. The van der Waals surface area contributed by atoms with E-state index in [0.717, 1.165) is 91.1 Å². The highest BCUT2D eigenvalue weighted by atomic mass is 16.5. The van der Waals surface area contributed by atoms with Crippen molar-refractivity contribution in [2.24, 2.45) is 0 Å². The number of morpholine rings is 1. The Kier molecular flexibility index (Phi) is 10.7. The molecule has 304 valence electrons. The number of carbonyl (C=O) groups is 3. The normalized spacial score (nSPS) is 19.0. The lowest BCUT2D eigenvalue weighted by molar-refractivity contribution is 0.0193. The van der Waals surface area contributed by atoms with Crippen molar-refractivity contribution in [3.05, 3.63) is 142 Å². The van der Waals surface area contributed by atoms with Crippen molar-refractivity contribution in [3.63, 3.8) is 0 Å². The van der Waals surface area contributed by atoms with Crippen molar-refractivity contribution in [1.82, 2.24) is 19.3 Å². The number of nitrogens with zero attached hydrogens (tertiary/aromatic N) is 5. The molecule has 0 aliphatic carbocycles. The first-order chi connectivity index (χ1) is 28.8. The number of carbonyl (C=O) groups excluding carboxylic acids is 3. The fraction of sp³-hybridized carbons (Fsp3) is 0.354. The van der Waals surface area contributed by atoms with Crippen LogP contribution in [0, 0.1) is 0 Å². The van der Waals surface area contributed by atoms with Gasteiger partial charge in [-0.3, -0.25) is 19.4 Å². The van der Waals surface area contributed by atoms with Crippen LogP contribution in [0.15, 0.2) is 97.1 Å². The minimum absolute atomic E-state index is 0.0713. The van der Waals surface area contributed by atoms with Gasteiger partial charge in [0.25, 0.3) is 11.8 Å². The largest absolute Gasteiger partial charge is 0.508 e. The molecule has 4 aliphatic heterocycles. The minimum Gasteiger partial charge on any atom is -0.508 e. The van der Waals surface area contributed by atoms with Crippen LogP contribution in [0.25, 0.3) is 11.3 Å². The lowest BCUT2D eigenvalue weighted by Crippen LogP contribution is -2.52. The highest BCUT2D eigenvalue weighted by molar-refractivity contribution is 6.08. The van der Waals surface area contributed by atoms with Crippen LogP contribution in [0.3, 0.4) is 0 Å². The van der Waals surface area contributed by atoms with Crippen molar-refractivity contribution < 1.29 is 29.0 Å². The summed E-state index contributed by atoms with van der Waals surface area (Å²) in [5.41, 5.74) is 9.75. The second kappa shape index (κ2) is 16.4. The summed E-state index contributed by atoms with van der Waals surface area (Å²) in [6.07, 6.45) is 3.56. The van der Waals surface area contributed by atoms with Gasteiger partial charge in [0.05, 0.1) is 31.9 Å². The van der Waals surface area contributed by atoms with Gasteiger partial charge in [-0.15, -0.1) is 0 Å². The number of benzene rings is 4. The molecule has 0 bridgehead atoms. The predicted octanol–water partition coefficient (Wildman–Crippen LogP) is 7.09. The van der Waals surface area contributed by atoms with E-state index >= 15 is 4.79 Å². The summed E-state index contributed by atoms with van der Waals surface area (Å²) < 4.78 is 13.3. The van der Waals surface area contributed by atoms with Crippen LogP contribution in [0.5, 0.6) is 5.75 Å². The average Bonchev–Trinajstić information content (AvgIpc) is 3.67. The second-order valence-electron chi connectivity index (χ2n) is 16.2. The van der Waals surface area contributed by atoms with Crippen LogP contribution in [0.1, 0.15) is 73.1 Å². The molecule has 0 saturated carbocycles. The number of fused-ring (bicyclic) bond motifs is 3. The number of methoxy groups -OCH3 is 1. The van der Waals surface area contributed by atoms with Gasteiger partial charge < -0.3 is 28.9 Å². The molecule has 59 heavy (non-hydrogen) atoms. The van der Waals surface area contributed by atoms with Gasteiger partial charge in [-0.1, -0.05) is 54.6 Å². The molecule has 1 saturated heterocycles. The highest BCUT2D eigenvalue weighted by Crippen LogP contribution is 2.42. The number of rotatable bonds is 7. The molecule has 1 N–H and O–H groups in total. The minimum atomic E-state index is -0.462. The Labute approximate surface area is 345 Å². The smallest absolute Gasteiger partial charge is 0.410 e. The molecule has 11 nitrogen and oxygen atoms in total. The van der Waals surface area contributed by atoms with Crippen LogP contribution in [-0.2, 0) is 41.8 Å². The molecule has 0 radical (unpaired) electrons. The molecule has 2 atom stereocenters. The van der Waals surface area contributed by atoms with Crippen LogP contribution < -0.4 is 4.90 Å². The Morgan fingerprint density at radius 3 is 2.31 bits per heavy atom. The third-order valence-corrected chi connectivity index (χ3v) is 12.8. The highest BCUT2D eigenvalue weighted by Gasteiger charge is 2.38. The molecule has 3 amide bonds. The van der Waals surface area contributed by atoms with Gasteiger partial charge in [0, 0.05) is 80.6 Å². The van der Waals surface area contributed by atoms with Crippen molar-refractivity contribution in [2.75, 3.05) is 58.5 Å². The second-order valence-corrected chi connectivity index (χ2v) is 16.2. The molecule has 4 aliphatic rings. The average molecular weight is 794 g/mol. The molecule has 1 fully saturated rings. The Hall–Kier alpha value is -5.91. The van der Waals surface area contributed by atoms with Gasteiger partial charge in [-0.05, 0) is 102 Å². The van der Waals surface area contributed by atoms with Crippen LogP contribution >= 0.6 is 0 Å². The van der Waals surface area contributed by atoms with Crippen LogP contribution in [0.2, 0.25) is 0 Å². The van der Waals surface area contributed by atoms with E-state index in [-0.39, 0.29) is 23.6 Å². The number of hydrogen-bond acceptors (Lipinski definition) is 7. The molecular weight excluding hydrogens is 743 g/mol. The quantitative estimate of drug-likeness (QED) is 0.188. The molecule has 5 aromatic rings. The maximum absolute atomic E-state index is 15.8. The first-order valence-electron chi connectivity index (χ1n) is 20.8. The number of anilines is 1. The first-order valence-corrected chi connectivity index (χ1v) is 20.8. The zero-order valence-corrected chi connectivity index (χ0v) is 33.8. The van der Waals surface area contributed by atoms with E-state index in [1.807, 2.05) is 48.5 Å². The van der Waals surface area contributed by atoms with E-state index < -0.39 is 12.1 Å². The topological polar surface area (TPSA) is 108 Å².